The summed E-state index contributed by atoms with van der Waals surface area (Å²) in [4.78, 5) is 19.6. The number of hydrogen-bond acceptors (Lipinski definition) is 5. The summed E-state index contributed by atoms with van der Waals surface area (Å²) in [5, 5.41) is 4.46. The van der Waals surface area contributed by atoms with Gasteiger partial charge in [-0.25, -0.2) is 4.79 Å². The summed E-state index contributed by atoms with van der Waals surface area (Å²) in [6.07, 6.45) is 1.52. The number of ether oxygens (including phenoxy) is 1. The second-order valence-electron chi connectivity index (χ2n) is 10.8. The molecule has 7 heteroatoms. The van der Waals surface area contributed by atoms with E-state index in [1.165, 1.54) is 16.0 Å². The number of carbonyl (C=O) groups excluding carboxylic acids is 1. The number of nitrogens with one attached hydrogen (secondary N) is 1. The standard InChI is InChI=1S/C35H38ClN3O2S/c1-27(39(24-28-10-4-2-5-11-28)25-29-12-6-3-7-13-29)26-41-35(40)38-22-20-31(21-23-38)37-33-14-8-9-15-34(33)42-32-18-16-30(36)17-19-32/h2-19,27,31,37H,20-26H2,1H3. The van der Waals surface area contributed by atoms with Crippen molar-refractivity contribution in [3.8, 4) is 0 Å². The molecule has 0 bridgehead atoms. The van der Waals surface area contributed by atoms with Crippen LogP contribution in [-0.4, -0.2) is 47.7 Å². The van der Waals surface area contributed by atoms with E-state index in [1.807, 2.05) is 41.3 Å². The van der Waals surface area contributed by atoms with Crippen molar-refractivity contribution in [3.05, 3.63) is 125 Å². The summed E-state index contributed by atoms with van der Waals surface area (Å²) in [5.41, 5.74) is 3.60. The van der Waals surface area contributed by atoms with Crippen molar-refractivity contribution in [1.29, 1.82) is 0 Å². The highest BCUT2D eigenvalue weighted by Crippen LogP contribution is 2.35. The van der Waals surface area contributed by atoms with Crippen LogP contribution in [0, 0.1) is 0 Å². The van der Waals surface area contributed by atoms with Crippen molar-refractivity contribution in [2.45, 2.75) is 54.7 Å². The van der Waals surface area contributed by atoms with Gasteiger partial charge in [0.25, 0.3) is 0 Å². The van der Waals surface area contributed by atoms with Crippen LogP contribution in [0.3, 0.4) is 0 Å². The fourth-order valence-corrected chi connectivity index (χ4v) is 6.16. The average Bonchev–Trinajstić information content (AvgIpc) is 3.03. The van der Waals surface area contributed by atoms with Crippen LogP contribution >= 0.6 is 23.4 Å². The zero-order chi connectivity index (χ0) is 29.1. The lowest BCUT2D eigenvalue weighted by Gasteiger charge is -2.34. The highest BCUT2D eigenvalue weighted by atomic mass is 35.5. The Bertz CT molecular complexity index is 1360. The monoisotopic (exact) mass is 599 g/mol. The number of nitrogens with zero attached hydrogens (tertiary/aromatic N) is 2. The summed E-state index contributed by atoms with van der Waals surface area (Å²) in [6, 6.07) is 37.6. The first-order valence-electron chi connectivity index (χ1n) is 14.6. The van der Waals surface area contributed by atoms with E-state index < -0.39 is 0 Å². The Balaban J connectivity index is 1.11. The number of benzene rings is 4. The predicted molar refractivity (Wildman–Crippen MR) is 173 cm³/mol. The Hall–Kier alpha value is -3.45. The van der Waals surface area contributed by atoms with Gasteiger partial charge in [-0.3, -0.25) is 4.90 Å². The van der Waals surface area contributed by atoms with E-state index in [0.717, 1.165) is 41.5 Å². The molecule has 1 atom stereocenters. The number of likely N-dealkylation sites (tertiary alicyclic amines) is 1. The molecule has 1 amide bonds. The molecule has 0 saturated carbocycles. The maximum absolute atomic E-state index is 13.0. The fraction of sp³-hybridized carbons (Fsp3) is 0.286. The van der Waals surface area contributed by atoms with E-state index in [2.05, 4.69) is 89.9 Å². The number of halogens is 1. The molecule has 4 aromatic carbocycles. The molecule has 0 aromatic heterocycles. The zero-order valence-corrected chi connectivity index (χ0v) is 25.6. The molecular formula is C35H38ClN3O2S. The first kappa shape index (κ1) is 30.0. The minimum atomic E-state index is -0.224. The molecule has 0 spiro atoms. The number of carbonyl (C=O) groups is 1. The van der Waals surface area contributed by atoms with E-state index in [4.69, 9.17) is 16.3 Å². The highest BCUT2D eigenvalue weighted by Gasteiger charge is 2.25. The molecule has 218 valence electrons. The molecule has 5 nitrogen and oxygen atoms in total. The van der Waals surface area contributed by atoms with Crippen LogP contribution in [0.15, 0.2) is 119 Å². The number of rotatable bonds is 11. The third-order valence-electron chi connectivity index (χ3n) is 7.57. The van der Waals surface area contributed by atoms with Crippen molar-refractivity contribution in [3.63, 3.8) is 0 Å². The van der Waals surface area contributed by atoms with Crippen LogP contribution in [0.5, 0.6) is 0 Å². The maximum Gasteiger partial charge on any atom is 0.409 e. The Morgan fingerprint density at radius 2 is 1.45 bits per heavy atom. The lowest BCUT2D eigenvalue weighted by molar-refractivity contribution is 0.0595. The van der Waals surface area contributed by atoms with Crippen molar-refractivity contribution in [1.82, 2.24) is 9.80 Å². The van der Waals surface area contributed by atoms with Gasteiger partial charge in [0.1, 0.15) is 6.61 Å². The van der Waals surface area contributed by atoms with Crippen molar-refractivity contribution in [2.75, 3.05) is 25.0 Å². The van der Waals surface area contributed by atoms with Crippen LogP contribution in [0.1, 0.15) is 30.9 Å². The topological polar surface area (TPSA) is 44.8 Å². The molecule has 1 N–H and O–H groups in total. The molecule has 1 saturated heterocycles. The zero-order valence-electron chi connectivity index (χ0n) is 24.0. The number of anilines is 1. The van der Waals surface area contributed by atoms with Gasteiger partial charge in [-0.1, -0.05) is 96.2 Å². The lowest BCUT2D eigenvalue weighted by atomic mass is 10.1. The van der Waals surface area contributed by atoms with E-state index >= 15 is 0 Å². The normalized spacial score (nSPS) is 14.5. The van der Waals surface area contributed by atoms with Crippen LogP contribution in [0.4, 0.5) is 10.5 Å². The summed E-state index contributed by atoms with van der Waals surface area (Å²) in [5.74, 6) is 0. The van der Waals surface area contributed by atoms with Gasteiger partial charge in [-0.2, -0.15) is 0 Å². The van der Waals surface area contributed by atoms with E-state index in [-0.39, 0.29) is 12.1 Å². The molecule has 1 aliphatic heterocycles. The van der Waals surface area contributed by atoms with E-state index in [0.29, 0.717) is 25.7 Å². The van der Waals surface area contributed by atoms with Crippen molar-refractivity contribution < 1.29 is 9.53 Å². The van der Waals surface area contributed by atoms with Gasteiger partial charge >= 0.3 is 6.09 Å². The Morgan fingerprint density at radius 3 is 2.07 bits per heavy atom. The number of amides is 1. The number of para-hydroxylation sites is 1. The maximum atomic E-state index is 13.0. The SMILES string of the molecule is CC(COC(=O)N1CCC(Nc2ccccc2Sc2ccc(Cl)cc2)CC1)N(Cc1ccccc1)Cc1ccccc1. The summed E-state index contributed by atoms with van der Waals surface area (Å²) in [6.45, 7) is 5.43. The van der Waals surface area contributed by atoms with Crippen molar-refractivity contribution in [2.24, 2.45) is 0 Å². The number of hydrogen-bond donors (Lipinski definition) is 1. The Labute approximate surface area is 258 Å². The van der Waals surface area contributed by atoms with Gasteiger partial charge in [0.05, 0.1) is 0 Å². The Morgan fingerprint density at radius 1 is 0.881 bits per heavy atom. The van der Waals surface area contributed by atoms with Crippen LogP contribution in [0.2, 0.25) is 5.02 Å². The van der Waals surface area contributed by atoms with Gasteiger partial charge in [0.15, 0.2) is 0 Å². The molecule has 1 unspecified atom stereocenters. The summed E-state index contributed by atoms with van der Waals surface area (Å²) < 4.78 is 5.86. The van der Waals surface area contributed by atoms with Crippen LogP contribution in [-0.2, 0) is 17.8 Å². The second kappa shape index (κ2) is 15.1. The van der Waals surface area contributed by atoms with Gasteiger partial charge in [-0.05, 0) is 67.3 Å². The van der Waals surface area contributed by atoms with Crippen LogP contribution < -0.4 is 5.32 Å². The summed E-state index contributed by atoms with van der Waals surface area (Å²) >= 11 is 7.78. The molecular weight excluding hydrogens is 562 g/mol. The predicted octanol–water partition coefficient (Wildman–Crippen LogP) is 8.60. The highest BCUT2D eigenvalue weighted by molar-refractivity contribution is 7.99. The summed E-state index contributed by atoms with van der Waals surface area (Å²) in [7, 11) is 0. The molecule has 1 heterocycles. The van der Waals surface area contributed by atoms with Gasteiger partial charge < -0.3 is 15.0 Å². The van der Waals surface area contributed by atoms with Crippen LogP contribution in [0.25, 0.3) is 0 Å². The third-order valence-corrected chi connectivity index (χ3v) is 8.91. The number of piperidine rings is 1. The molecule has 5 rings (SSSR count). The molecule has 1 fully saturated rings. The van der Waals surface area contributed by atoms with Gasteiger partial charge in [0, 0.05) is 58.8 Å². The molecule has 4 aromatic rings. The lowest BCUT2D eigenvalue weighted by Crippen LogP contribution is -2.44. The Kier molecular flexibility index (Phi) is 10.8. The molecule has 0 aliphatic carbocycles. The molecule has 42 heavy (non-hydrogen) atoms. The minimum Gasteiger partial charge on any atom is -0.448 e. The molecule has 0 radical (unpaired) electrons. The largest absolute Gasteiger partial charge is 0.448 e. The quantitative estimate of drug-likeness (QED) is 0.187. The average molecular weight is 600 g/mol. The van der Waals surface area contributed by atoms with Gasteiger partial charge in [-0.15, -0.1) is 0 Å². The fourth-order valence-electron chi connectivity index (χ4n) is 5.12. The smallest absolute Gasteiger partial charge is 0.409 e. The second-order valence-corrected chi connectivity index (χ2v) is 12.3. The van der Waals surface area contributed by atoms with Crippen molar-refractivity contribution >= 4 is 35.1 Å². The third kappa shape index (κ3) is 8.78. The first-order chi connectivity index (χ1) is 20.5. The van der Waals surface area contributed by atoms with Gasteiger partial charge in [0.2, 0.25) is 0 Å². The van der Waals surface area contributed by atoms with E-state index in [9.17, 15) is 4.79 Å². The minimum absolute atomic E-state index is 0.0724. The van der Waals surface area contributed by atoms with E-state index in [1.54, 1.807) is 11.8 Å². The first-order valence-corrected chi connectivity index (χ1v) is 15.8. The molecule has 1 aliphatic rings.